The molecule has 0 spiro atoms. The molecule has 2 unspecified atom stereocenters. The molecular formula is C23H24N4O3. The molecular weight excluding hydrogens is 380 g/mol. The Morgan fingerprint density at radius 1 is 1.17 bits per heavy atom. The lowest BCUT2D eigenvalue weighted by molar-refractivity contribution is -0.122. The second-order valence-corrected chi connectivity index (χ2v) is 7.05. The molecule has 4 N–H and O–H groups in total. The number of hydrazone groups is 1. The van der Waals surface area contributed by atoms with Crippen LogP contribution in [0.5, 0.6) is 11.5 Å². The number of hydrogen-bond acceptors (Lipinski definition) is 6. The van der Waals surface area contributed by atoms with E-state index < -0.39 is 6.04 Å². The highest BCUT2D eigenvalue weighted by Gasteiger charge is 2.31. The number of hydrazine groups is 1. The standard InChI is InChI=1S/C23H24N4O3/c1-2-30-22-10-6-5-9-17(22)19-13-20(26-25-19)23(29)27-24-14-18-16-8-4-3-7-15(16)11-12-21(18)28/h3-12,14,19-20,25-26,28H,2,13H2,1H3,(H,27,29)/b24-14+. The number of carbonyl (C=O) groups excluding carboxylic acids is 1. The summed E-state index contributed by atoms with van der Waals surface area (Å²) in [4.78, 5) is 12.6. The topological polar surface area (TPSA) is 95.0 Å². The molecule has 1 aliphatic rings. The monoisotopic (exact) mass is 404 g/mol. The summed E-state index contributed by atoms with van der Waals surface area (Å²) in [6, 6.07) is 18.5. The van der Waals surface area contributed by atoms with Crippen LogP contribution in [0, 0.1) is 0 Å². The molecule has 0 aliphatic carbocycles. The third kappa shape index (κ3) is 4.12. The van der Waals surface area contributed by atoms with E-state index in [1.54, 1.807) is 6.07 Å². The van der Waals surface area contributed by atoms with Gasteiger partial charge in [0.15, 0.2) is 0 Å². The fraction of sp³-hybridized carbons (Fsp3) is 0.217. The Bertz CT molecular complexity index is 1080. The molecule has 1 fully saturated rings. The van der Waals surface area contributed by atoms with Crippen molar-refractivity contribution < 1.29 is 14.6 Å². The van der Waals surface area contributed by atoms with Crippen LogP contribution in [0.15, 0.2) is 65.8 Å². The second kappa shape index (κ2) is 8.94. The number of rotatable bonds is 6. The van der Waals surface area contributed by atoms with E-state index >= 15 is 0 Å². The number of fused-ring (bicyclic) bond motifs is 1. The summed E-state index contributed by atoms with van der Waals surface area (Å²) in [7, 11) is 0. The van der Waals surface area contributed by atoms with Gasteiger partial charge in [0.1, 0.15) is 17.5 Å². The highest BCUT2D eigenvalue weighted by molar-refractivity contribution is 6.02. The van der Waals surface area contributed by atoms with Crippen molar-refractivity contribution in [2.45, 2.75) is 25.4 Å². The van der Waals surface area contributed by atoms with Gasteiger partial charge in [-0.1, -0.05) is 48.5 Å². The summed E-state index contributed by atoms with van der Waals surface area (Å²) in [6.07, 6.45) is 2.03. The van der Waals surface area contributed by atoms with Crippen molar-refractivity contribution in [2.75, 3.05) is 6.61 Å². The first kappa shape index (κ1) is 19.9. The maximum atomic E-state index is 12.6. The highest BCUT2D eigenvalue weighted by Crippen LogP contribution is 2.30. The van der Waals surface area contributed by atoms with Crippen molar-refractivity contribution in [3.63, 3.8) is 0 Å². The van der Waals surface area contributed by atoms with Crippen LogP contribution in [0.2, 0.25) is 0 Å². The van der Waals surface area contributed by atoms with Crippen molar-refractivity contribution in [1.29, 1.82) is 0 Å². The lowest BCUT2D eigenvalue weighted by Gasteiger charge is -2.15. The van der Waals surface area contributed by atoms with Crippen LogP contribution >= 0.6 is 0 Å². The van der Waals surface area contributed by atoms with Crippen molar-refractivity contribution in [3.05, 3.63) is 71.8 Å². The van der Waals surface area contributed by atoms with E-state index in [1.165, 1.54) is 6.21 Å². The van der Waals surface area contributed by atoms with Gasteiger partial charge in [-0.2, -0.15) is 5.10 Å². The summed E-state index contributed by atoms with van der Waals surface area (Å²) in [5.74, 6) is 0.666. The number of benzene rings is 3. The Kier molecular flexibility index (Phi) is 5.92. The third-order valence-electron chi connectivity index (χ3n) is 5.13. The fourth-order valence-electron chi connectivity index (χ4n) is 3.65. The largest absolute Gasteiger partial charge is 0.507 e. The van der Waals surface area contributed by atoms with Gasteiger partial charge >= 0.3 is 0 Å². The Morgan fingerprint density at radius 2 is 1.97 bits per heavy atom. The molecule has 1 heterocycles. The van der Waals surface area contributed by atoms with Crippen LogP contribution in [0.25, 0.3) is 10.8 Å². The van der Waals surface area contributed by atoms with Gasteiger partial charge in [-0.05, 0) is 36.2 Å². The Hall–Kier alpha value is -3.42. The van der Waals surface area contributed by atoms with Gasteiger partial charge in [0.2, 0.25) is 0 Å². The minimum Gasteiger partial charge on any atom is -0.507 e. The van der Waals surface area contributed by atoms with E-state index in [4.69, 9.17) is 4.74 Å². The smallest absolute Gasteiger partial charge is 0.258 e. The number of para-hydroxylation sites is 1. The second-order valence-electron chi connectivity index (χ2n) is 7.05. The van der Waals surface area contributed by atoms with E-state index in [2.05, 4.69) is 21.4 Å². The van der Waals surface area contributed by atoms with Crippen molar-refractivity contribution in [1.82, 2.24) is 16.3 Å². The Balaban J connectivity index is 1.42. The maximum Gasteiger partial charge on any atom is 0.258 e. The number of phenolic OH excluding ortho intramolecular Hbond substituents is 1. The summed E-state index contributed by atoms with van der Waals surface area (Å²) >= 11 is 0. The average Bonchev–Trinajstić information content (AvgIpc) is 3.26. The molecule has 7 nitrogen and oxygen atoms in total. The van der Waals surface area contributed by atoms with Gasteiger partial charge in [-0.25, -0.2) is 16.3 Å². The molecule has 30 heavy (non-hydrogen) atoms. The van der Waals surface area contributed by atoms with Gasteiger partial charge in [0, 0.05) is 11.1 Å². The first-order valence-electron chi connectivity index (χ1n) is 9.93. The molecule has 0 radical (unpaired) electrons. The van der Waals surface area contributed by atoms with E-state index in [-0.39, 0.29) is 17.7 Å². The summed E-state index contributed by atoms with van der Waals surface area (Å²) in [6.45, 7) is 2.52. The zero-order valence-electron chi connectivity index (χ0n) is 16.6. The summed E-state index contributed by atoms with van der Waals surface area (Å²) < 4.78 is 5.69. The van der Waals surface area contributed by atoms with Crippen LogP contribution in [0.1, 0.15) is 30.5 Å². The average molecular weight is 404 g/mol. The molecule has 1 amide bonds. The fourth-order valence-corrected chi connectivity index (χ4v) is 3.65. The minimum atomic E-state index is -0.442. The number of phenols is 1. The van der Waals surface area contributed by atoms with E-state index in [9.17, 15) is 9.90 Å². The lowest BCUT2D eigenvalue weighted by Crippen LogP contribution is -2.41. The number of aromatic hydroxyl groups is 1. The predicted molar refractivity (Wildman–Crippen MR) is 116 cm³/mol. The summed E-state index contributed by atoms with van der Waals surface area (Å²) in [5, 5.41) is 16.1. The zero-order chi connectivity index (χ0) is 20.9. The Morgan fingerprint density at radius 3 is 2.83 bits per heavy atom. The SMILES string of the molecule is CCOc1ccccc1C1CC(C(=O)N/N=C/c2c(O)ccc3ccccc23)NN1. The summed E-state index contributed by atoms with van der Waals surface area (Å²) in [5.41, 5.74) is 10.3. The van der Waals surface area contributed by atoms with E-state index in [0.29, 0.717) is 18.6 Å². The van der Waals surface area contributed by atoms with Gasteiger partial charge in [-0.3, -0.25) is 4.79 Å². The molecule has 0 saturated carbocycles. The molecule has 154 valence electrons. The van der Waals surface area contributed by atoms with Crippen molar-refractivity contribution >= 4 is 22.9 Å². The molecule has 3 aromatic carbocycles. The zero-order valence-corrected chi connectivity index (χ0v) is 16.6. The molecule has 2 atom stereocenters. The van der Waals surface area contributed by atoms with Crippen molar-refractivity contribution in [3.8, 4) is 11.5 Å². The number of ether oxygens (including phenoxy) is 1. The predicted octanol–water partition coefficient (Wildman–Crippen LogP) is 3.00. The van der Waals surface area contributed by atoms with E-state index in [1.807, 2.05) is 61.5 Å². The van der Waals surface area contributed by atoms with Gasteiger partial charge < -0.3 is 9.84 Å². The molecule has 7 heteroatoms. The maximum absolute atomic E-state index is 12.6. The van der Waals surface area contributed by atoms with Crippen LogP contribution in [-0.4, -0.2) is 29.9 Å². The molecule has 3 aromatic rings. The molecule has 0 aromatic heterocycles. The number of carbonyl (C=O) groups is 1. The van der Waals surface area contributed by atoms with Crippen molar-refractivity contribution in [2.24, 2.45) is 5.10 Å². The minimum absolute atomic E-state index is 0.0467. The first-order chi connectivity index (χ1) is 14.7. The van der Waals surface area contributed by atoms with Gasteiger partial charge in [-0.15, -0.1) is 0 Å². The van der Waals surface area contributed by atoms with E-state index in [0.717, 1.165) is 22.1 Å². The quantitative estimate of drug-likeness (QED) is 0.374. The van der Waals surface area contributed by atoms with Crippen LogP contribution < -0.4 is 21.0 Å². The highest BCUT2D eigenvalue weighted by atomic mass is 16.5. The van der Waals surface area contributed by atoms with Gasteiger partial charge in [0.05, 0.1) is 18.9 Å². The molecule has 1 aliphatic heterocycles. The van der Waals surface area contributed by atoms with Crippen LogP contribution in [-0.2, 0) is 4.79 Å². The third-order valence-corrected chi connectivity index (χ3v) is 5.13. The van der Waals surface area contributed by atoms with Crippen LogP contribution in [0.3, 0.4) is 0 Å². The lowest BCUT2D eigenvalue weighted by atomic mass is 10.0. The number of amides is 1. The van der Waals surface area contributed by atoms with Gasteiger partial charge in [0.25, 0.3) is 5.91 Å². The number of hydrogen-bond donors (Lipinski definition) is 4. The first-order valence-corrected chi connectivity index (χ1v) is 9.93. The molecule has 1 saturated heterocycles. The number of nitrogens with one attached hydrogen (secondary N) is 3. The Labute approximate surface area is 174 Å². The number of nitrogens with zero attached hydrogens (tertiary/aromatic N) is 1. The molecule has 4 rings (SSSR count). The van der Waals surface area contributed by atoms with Crippen LogP contribution in [0.4, 0.5) is 0 Å². The normalized spacial score (nSPS) is 18.7. The molecule has 0 bridgehead atoms.